The Morgan fingerprint density at radius 2 is 2.07 bits per heavy atom. The number of rotatable bonds is 1. The van der Waals surface area contributed by atoms with Crippen LogP contribution in [-0.4, -0.2) is 6.04 Å². The lowest BCUT2D eigenvalue weighted by molar-refractivity contribution is 0.709. The number of nitrogens with one attached hydrogen (secondary N) is 1. The van der Waals surface area contributed by atoms with Gasteiger partial charge in [-0.1, -0.05) is 23.2 Å². The summed E-state index contributed by atoms with van der Waals surface area (Å²) < 4.78 is 0. The van der Waals surface area contributed by atoms with Crippen LogP contribution >= 0.6 is 23.2 Å². The highest BCUT2D eigenvalue weighted by Crippen LogP contribution is 2.28. The molecule has 1 aliphatic rings. The Morgan fingerprint density at radius 1 is 1.33 bits per heavy atom. The van der Waals surface area contributed by atoms with Crippen molar-refractivity contribution in [1.82, 2.24) is 5.43 Å². The summed E-state index contributed by atoms with van der Waals surface area (Å²) in [6.07, 6.45) is 1.93. The lowest BCUT2D eigenvalue weighted by Crippen LogP contribution is -2.38. The molecule has 1 unspecified atom stereocenters. The van der Waals surface area contributed by atoms with Crippen LogP contribution < -0.4 is 16.2 Å². The fourth-order valence-electron chi connectivity index (χ4n) is 1.55. The first kappa shape index (κ1) is 10.5. The van der Waals surface area contributed by atoms with E-state index in [1.807, 2.05) is 24.1 Å². The molecule has 0 saturated carbocycles. The zero-order valence-corrected chi connectivity index (χ0v) is 9.68. The van der Waals surface area contributed by atoms with Crippen molar-refractivity contribution in [3.8, 4) is 0 Å². The first-order valence-electron chi connectivity index (χ1n) is 4.56. The Balaban J connectivity index is 2.28. The molecule has 1 aliphatic heterocycles. The molecule has 0 radical (unpaired) electrons. The second kappa shape index (κ2) is 3.83. The third-order valence-corrected chi connectivity index (χ3v) is 3.00. The van der Waals surface area contributed by atoms with Gasteiger partial charge in [0, 0.05) is 0 Å². The average molecular weight is 244 g/mol. The quantitative estimate of drug-likeness (QED) is 0.797. The number of anilines is 1. The van der Waals surface area contributed by atoms with E-state index in [0.717, 1.165) is 5.69 Å². The van der Waals surface area contributed by atoms with E-state index in [9.17, 15) is 0 Å². The topological polar surface area (TPSA) is 41.3 Å². The van der Waals surface area contributed by atoms with Gasteiger partial charge in [0.15, 0.2) is 0 Å². The number of benzene rings is 1. The normalized spacial score (nSPS) is 20.1. The summed E-state index contributed by atoms with van der Waals surface area (Å²) in [7, 11) is 0. The smallest absolute Gasteiger partial charge is 0.113 e. The van der Waals surface area contributed by atoms with Gasteiger partial charge in [0.25, 0.3) is 0 Å². The van der Waals surface area contributed by atoms with Crippen molar-refractivity contribution in [3.05, 3.63) is 40.1 Å². The molecule has 1 aromatic carbocycles. The Bertz CT molecular complexity index is 417. The monoisotopic (exact) mass is 243 g/mol. The molecule has 15 heavy (non-hydrogen) atoms. The van der Waals surface area contributed by atoms with Crippen molar-refractivity contribution < 1.29 is 0 Å². The maximum absolute atomic E-state index is 5.94. The second-order valence-corrected chi connectivity index (χ2v) is 4.26. The van der Waals surface area contributed by atoms with E-state index in [1.165, 1.54) is 0 Å². The number of hydrogen-bond donors (Lipinski definition) is 2. The summed E-state index contributed by atoms with van der Waals surface area (Å²) in [5.74, 6) is 0.647. The molecule has 2 rings (SSSR count). The Labute approximate surface area is 98.4 Å². The molecule has 1 atom stereocenters. The molecule has 0 spiro atoms. The van der Waals surface area contributed by atoms with Gasteiger partial charge in [0.1, 0.15) is 5.82 Å². The molecule has 0 amide bonds. The van der Waals surface area contributed by atoms with Gasteiger partial charge in [-0.25, -0.2) is 0 Å². The van der Waals surface area contributed by atoms with Crippen molar-refractivity contribution >= 4 is 28.9 Å². The van der Waals surface area contributed by atoms with Gasteiger partial charge in [-0.15, -0.1) is 0 Å². The lowest BCUT2D eigenvalue weighted by atomic mass is 10.2. The van der Waals surface area contributed by atoms with E-state index >= 15 is 0 Å². The largest absolute Gasteiger partial charge is 0.384 e. The van der Waals surface area contributed by atoms with E-state index in [1.54, 1.807) is 12.1 Å². The predicted molar refractivity (Wildman–Crippen MR) is 63.8 cm³/mol. The summed E-state index contributed by atoms with van der Waals surface area (Å²) in [5, 5.41) is 3.01. The zero-order valence-electron chi connectivity index (χ0n) is 8.17. The summed E-state index contributed by atoms with van der Waals surface area (Å²) in [4.78, 5) is 0. The Kier molecular flexibility index (Phi) is 2.67. The molecular weight excluding hydrogens is 233 g/mol. The van der Waals surface area contributed by atoms with Crippen molar-refractivity contribution in [1.29, 1.82) is 0 Å². The van der Waals surface area contributed by atoms with Gasteiger partial charge in [-0.05, 0) is 31.2 Å². The summed E-state index contributed by atoms with van der Waals surface area (Å²) in [5.41, 5.74) is 9.65. The van der Waals surface area contributed by atoms with Crippen molar-refractivity contribution in [2.24, 2.45) is 5.73 Å². The van der Waals surface area contributed by atoms with Crippen LogP contribution in [-0.2, 0) is 0 Å². The third-order valence-electron chi connectivity index (χ3n) is 2.26. The molecule has 0 aromatic heterocycles. The highest BCUT2D eigenvalue weighted by molar-refractivity contribution is 6.42. The van der Waals surface area contributed by atoms with Crippen LogP contribution in [0.25, 0.3) is 0 Å². The minimum absolute atomic E-state index is 0.197. The molecule has 80 valence electrons. The zero-order chi connectivity index (χ0) is 11.0. The van der Waals surface area contributed by atoms with E-state index in [2.05, 4.69) is 5.43 Å². The van der Waals surface area contributed by atoms with E-state index < -0.39 is 0 Å². The fraction of sp³-hybridized carbons (Fsp3) is 0.200. The van der Waals surface area contributed by atoms with Crippen molar-refractivity contribution in [2.45, 2.75) is 13.0 Å². The molecule has 0 saturated heterocycles. The SMILES string of the molecule is CC1C=C(N)NN1c1ccc(Cl)c(Cl)c1. The fourth-order valence-corrected chi connectivity index (χ4v) is 1.84. The van der Waals surface area contributed by atoms with E-state index in [-0.39, 0.29) is 6.04 Å². The molecule has 1 heterocycles. The van der Waals surface area contributed by atoms with Crippen LogP contribution in [0, 0.1) is 0 Å². The average Bonchev–Trinajstić information content (AvgIpc) is 2.50. The number of nitrogens with zero attached hydrogens (tertiary/aromatic N) is 1. The van der Waals surface area contributed by atoms with E-state index in [0.29, 0.717) is 15.9 Å². The van der Waals surface area contributed by atoms with Gasteiger partial charge in [-0.2, -0.15) is 0 Å². The van der Waals surface area contributed by atoms with Gasteiger partial charge in [0.05, 0.1) is 21.8 Å². The van der Waals surface area contributed by atoms with Crippen molar-refractivity contribution in [3.63, 3.8) is 0 Å². The van der Waals surface area contributed by atoms with Crippen LogP contribution in [0.15, 0.2) is 30.1 Å². The highest BCUT2D eigenvalue weighted by Gasteiger charge is 2.19. The van der Waals surface area contributed by atoms with Gasteiger partial charge in [0.2, 0.25) is 0 Å². The first-order valence-corrected chi connectivity index (χ1v) is 5.32. The minimum Gasteiger partial charge on any atom is -0.384 e. The number of hydrogen-bond acceptors (Lipinski definition) is 3. The summed E-state index contributed by atoms with van der Waals surface area (Å²) in [6, 6.07) is 5.66. The van der Waals surface area contributed by atoms with Gasteiger partial charge >= 0.3 is 0 Å². The predicted octanol–water partition coefficient (Wildman–Crippen LogP) is 2.51. The second-order valence-electron chi connectivity index (χ2n) is 3.44. The van der Waals surface area contributed by atoms with Gasteiger partial charge in [-0.3, -0.25) is 10.4 Å². The van der Waals surface area contributed by atoms with Crippen LogP contribution in [0.1, 0.15) is 6.92 Å². The molecule has 0 bridgehead atoms. The first-order chi connectivity index (χ1) is 7.08. The molecule has 1 aromatic rings. The van der Waals surface area contributed by atoms with Gasteiger partial charge < -0.3 is 5.73 Å². The lowest BCUT2D eigenvalue weighted by Gasteiger charge is -2.24. The summed E-state index contributed by atoms with van der Waals surface area (Å²) >= 11 is 11.8. The maximum Gasteiger partial charge on any atom is 0.113 e. The summed E-state index contributed by atoms with van der Waals surface area (Å²) in [6.45, 7) is 2.04. The Hall–Kier alpha value is -1.06. The molecule has 3 N–H and O–H groups in total. The van der Waals surface area contributed by atoms with Crippen LogP contribution in [0.5, 0.6) is 0 Å². The van der Waals surface area contributed by atoms with Crippen LogP contribution in [0.3, 0.4) is 0 Å². The highest BCUT2D eigenvalue weighted by atomic mass is 35.5. The van der Waals surface area contributed by atoms with Crippen LogP contribution in [0.2, 0.25) is 10.0 Å². The van der Waals surface area contributed by atoms with Crippen LogP contribution in [0.4, 0.5) is 5.69 Å². The molecule has 0 fully saturated rings. The molecule has 3 nitrogen and oxygen atoms in total. The Morgan fingerprint density at radius 3 is 2.60 bits per heavy atom. The maximum atomic E-state index is 5.94. The third kappa shape index (κ3) is 1.98. The molecule has 5 heteroatoms. The molecular formula is C10H11Cl2N3. The number of nitrogens with two attached hydrogens (primary N) is 1. The van der Waals surface area contributed by atoms with E-state index in [4.69, 9.17) is 28.9 Å². The minimum atomic E-state index is 0.197. The van der Waals surface area contributed by atoms with Crippen molar-refractivity contribution in [2.75, 3.05) is 5.01 Å². The number of hydrazine groups is 1. The number of halogens is 2. The molecule has 0 aliphatic carbocycles. The standard InChI is InChI=1S/C10H11Cl2N3/c1-6-4-10(13)14-15(6)7-2-3-8(11)9(12)5-7/h2-6,14H,13H2,1H3.